The number of allylic oxidation sites excluding steroid dienone is 1. The third-order valence-corrected chi connectivity index (χ3v) is 5.40. The highest BCUT2D eigenvalue weighted by molar-refractivity contribution is 5.95. The Labute approximate surface area is 189 Å². The molecular formula is C24H24F3NO5. The van der Waals surface area contributed by atoms with Gasteiger partial charge in [-0.15, -0.1) is 0 Å². The van der Waals surface area contributed by atoms with Crippen molar-refractivity contribution in [3.63, 3.8) is 0 Å². The molecule has 3 atom stereocenters. The van der Waals surface area contributed by atoms with E-state index < -0.39 is 46.9 Å². The van der Waals surface area contributed by atoms with E-state index in [1.165, 1.54) is 14.2 Å². The number of ether oxygens (including phenoxy) is 3. The van der Waals surface area contributed by atoms with Crippen LogP contribution in [0.15, 0.2) is 42.5 Å². The topological polar surface area (TPSA) is 73.9 Å². The molecule has 0 heterocycles. The number of nitrogens with one attached hydrogen (secondary N) is 1. The first-order chi connectivity index (χ1) is 15.8. The number of carbonyl (C=O) groups is 2. The third kappa shape index (κ3) is 5.30. The summed E-state index contributed by atoms with van der Waals surface area (Å²) in [5, 5.41) is 2.52. The molecule has 0 radical (unpaired) electrons. The van der Waals surface area contributed by atoms with Crippen molar-refractivity contribution in [3.05, 3.63) is 71.1 Å². The molecule has 0 fully saturated rings. The van der Waals surface area contributed by atoms with Crippen molar-refractivity contribution in [2.24, 2.45) is 5.92 Å². The summed E-state index contributed by atoms with van der Waals surface area (Å²) in [5.74, 6) is -5.30. The molecule has 6 nitrogen and oxygen atoms in total. The standard InChI is InChI=1S/C24H24F3NO5/c1-4-33-24(30)21(14-6-8-19(31-2)20(10-14)32-3)13-5-7-16(9-13)28-23(29)22-17(26)11-15(25)12-18(22)27/h5-8,10-13,16,21H,4,9H2,1-3H3,(H,28,29)/t13-,16+,21-/m0/s1. The van der Waals surface area contributed by atoms with Gasteiger partial charge in [0.05, 0.1) is 26.7 Å². The van der Waals surface area contributed by atoms with Gasteiger partial charge in [-0.25, -0.2) is 13.2 Å². The first-order valence-corrected chi connectivity index (χ1v) is 10.3. The van der Waals surface area contributed by atoms with E-state index in [-0.39, 0.29) is 18.9 Å². The fourth-order valence-corrected chi connectivity index (χ4v) is 3.92. The molecule has 2 aromatic rings. The van der Waals surface area contributed by atoms with Gasteiger partial charge in [-0.05, 0) is 37.0 Å². The van der Waals surface area contributed by atoms with Gasteiger partial charge in [0.15, 0.2) is 11.5 Å². The van der Waals surface area contributed by atoms with Crippen LogP contribution in [0.1, 0.15) is 35.2 Å². The summed E-state index contributed by atoms with van der Waals surface area (Å²) in [6.07, 6.45) is 3.68. The Kier molecular flexibility index (Phi) is 7.63. The van der Waals surface area contributed by atoms with Gasteiger partial charge in [0, 0.05) is 18.2 Å². The Morgan fingerprint density at radius 3 is 2.30 bits per heavy atom. The van der Waals surface area contributed by atoms with Gasteiger partial charge < -0.3 is 19.5 Å². The lowest BCUT2D eigenvalue weighted by atomic mass is 9.85. The number of hydrogen-bond donors (Lipinski definition) is 1. The van der Waals surface area contributed by atoms with E-state index in [1.807, 2.05) is 0 Å². The summed E-state index contributed by atoms with van der Waals surface area (Å²) in [7, 11) is 2.98. The Morgan fingerprint density at radius 1 is 1.03 bits per heavy atom. The molecule has 1 aliphatic rings. The van der Waals surface area contributed by atoms with Crippen molar-refractivity contribution in [2.75, 3.05) is 20.8 Å². The largest absolute Gasteiger partial charge is 0.493 e. The Hall–Kier alpha value is -3.49. The SMILES string of the molecule is CCOC(=O)[C@H](c1ccc(OC)c(OC)c1)[C@H]1C=C[C@@H](NC(=O)c2c(F)cc(F)cc2F)C1. The zero-order chi connectivity index (χ0) is 24.1. The summed E-state index contributed by atoms with van der Waals surface area (Å²) in [6, 6.07) is 5.38. The normalized spacial score (nSPS) is 18.0. The zero-order valence-corrected chi connectivity index (χ0v) is 18.4. The molecule has 0 unspecified atom stereocenters. The van der Waals surface area contributed by atoms with E-state index >= 15 is 0 Å². The number of amides is 1. The Bertz CT molecular complexity index is 1050. The first-order valence-electron chi connectivity index (χ1n) is 10.3. The van der Waals surface area contributed by atoms with Gasteiger partial charge in [0.2, 0.25) is 0 Å². The summed E-state index contributed by atoms with van der Waals surface area (Å²) in [6.45, 7) is 1.88. The van der Waals surface area contributed by atoms with Crippen LogP contribution >= 0.6 is 0 Å². The van der Waals surface area contributed by atoms with Gasteiger partial charge in [0.25, 0.3) is 5.91 Å². The van der Waals surface area contributed by atoms with Crippen molar-refractivity contribution in [2.45, 2.75) is 25.3 Å². The molecule has 2 aromatic carbocycles. The summed E-state index contributed by atoms with van der Waals surface area (Å²) < 4.78 is 56.9. The van der Waals surface area contributed by atoms with E-state index in [0.717, 1.165) is 0 Å². The van der Waals surface area contributed by atoms with E-state index in [4.69, 9.17) is 14.2 Å². The van der Waals surface area contributed by atoms with Crippen molar-refractivity contribution >= 4 is 11.9 Å². The van der Waals surface area contributed by atoms with Crippen molar-refractivity contribution in [1.82, 2.24) is 5.32 Å². The number of benzene rings is 2. The smallest absolute Gasteiger partial charge is 0.314 e. The molecule has 0 bridgehead atoms. The van der Waals surface area contributed by atoms with E-state index in [2.05, 4.69) is 5.32 Å². The highest BCUT2D eigenvalue weighted by Crippen LogP contribution is 2.38. The summed E-state index contributed by atoms with van der Waals surface area (Å²) in [5.41, 5.74) is -0.238. The minimum absolute atomic E-state index is 0.183. The van der Waals surface area contributed by atoms with Crippen LogP contribution in [0.3, 0.4) is 0 Å². The monoisotopic (exact) mass is 463 g/mol. The second-order valence-electron chi connectivity index (χ2n) is 7.45. The molecule has 0 saturated heterocycles. The van der Waals surface area contributed by atoms with Crippen LogP contribution in [0.25, 0.3) is 0 Å². The van der Waals surface area contributed by atoms with Crippen LogP contribution in [-0.2, 0) is 9.53 Å². The van der Waals surface area contributed by atoms with Gasteiger partial charge in [-0.2, -0.15) is 0 Å². The maximum absolute atomic E-state index is 13.9. The second-order valence-corrected chi connectivity index (χ2v) is 7.45. The molecule has 1 aliphatic carbocycles. The van der Waals surface area contributed by atoms with Crippen LogP contribution in [0.5, 0.6) is 11.5 Å². The minimum atomic E-state index is -1.29. The quantitative estimate of drug-likeness (QED) is 0.471. The second kappa shape index (κ2) is 10.4. The fourth-order valence-electron chi connectivity index (χ4n) is 3.92. The molecule has 176 valence electrons. The van der Waals surface area contributed by atoms with Crippen LogP contribution in [0.4, 0.5) is 13.2 Å². The lowest BCUT2D eigenvalue weighted by molar-refractivity contribution is -0.146. The van der Waals surface area contributed by atoms with Crippen molar-refractivity contribution < 1.29 is 37.0 Å². The number of carbonyl (C=O) groups excluding carboxylic acids is 2. The fraction of sp³-hybridized carbons (Fsp3) is 0.333. The number of rotatable bonds is 8. The first kappa shape index (κ1) is 24.2. The highest BCUT2D eigenvalue weighted by atomic mass is 19.1. The number of esters is 1. The number of methoxy groups -OCH3 is 2. The van der Waals surface area contributed by atoms with Crippen LogP contribution in [0.2, 0.25) is 0 Å². The zero-order valence-electron chi connectivity index (χ0n) is 18.4. The molecule has 0 saturated carbocycles. The van der Waals surface area contributed by atoms with E-state index in [1.54, 1.807) is 37.3 Å². The maximum atomic E-state index is 13.9. The summed E-state index contributed by atoms with van der Waals surface area (Å²) in [4.78, 5) is 25.2. The van der Waals surface area contributed by atoms with E-state index in [0.29, 0.717) is 29.2 Å². The van der Waals surface area contributed by atoms with Gasteiger partial charge in [-0.3, -0.25) is 9.59 Å². The molecule has 9 heteroatoms. The molecule has 33 heavy (non-hydrogen) atoms. The third-order valence-electron chi connectivity index (χ3n) is 5.40. The van der Waals surface area contributed by atoms with Gasteiger partial charge >= 0.3 is 5.97 Å². The average molecular weight is 463 g/mol. The van der Waals surface area contributed by atoms with Crippen LogP contribution < -0.4 is 14.8 Å². The lowest BCUT2D eigenvalue weighted by Crippen LogP contribution is -2.35. The molecule has 3 rings (SSSR count). The van der Waals surface area contributed by atoms with Crippen molar-refractivity contribution in [1.29, 1.82) is 0 Å². The predicted molar refractivity (Wildman–Crippen MR) is 114 cm³/mol. The molecule has 1 N–H and O–H groups in total. The summed E-state index contributed by atoms with van der Waals surface area (Å²) >= 11 is 0. The number of halogens is 3. The number of hydrogen-bond acceptors (Lipinski definition) is 5. The molecule has 0 aromatic heterocycles. The molecule has 0 aliphatic heterocycles. The average Bonchev–Trinajstić information content (AvgIpc) is 3.20. The Morgan fingerprint density at radius 2 is 1.70 bits per heavy atom. The molecule has 1 amide bonds. The van der Waals surface area contributed by atoms with Crippen molar-refractivity contribution in [3.8, 4) is 11.5 Å². The predicted octanol–water partition coefficient (Wildman–Crippen LogP) is 4.14. The molecule has 0 spiro atoms. The van der Waals surface area contributed by atoms with Gasteiger partial charge in [0.1, 0.15) is 23.0 Å². The highest BCUT2D eigenvalue weighted by Gasteiger charge is 2.35. The maximum Gasteiger partial charge on any atom is 0.314 e. The van der Waals surface area contributed by atoms with Crippen LogP contribution in [0, 0.1) is 23.4 Å². The van der Waals surface area contributed by atoms with E-state index in [9.17, 15) is 22.8 Å². The van der Waals surface area contributed by atoms with Crippen LogP contribution in [-0.4, -0.2) is 38.7 Å². The Balaban J connectivity index is 1.81. The lowest BCUT2D eigenvalue weighted by Gasteiger charge is -2.23. The minimum Gasteiger partial charge on any atom is -0.493 e. The van der Waals surface area contributed by atoms with Gasteiger partial charge in [-0.1, -0.05) is 18.2 Å². The molecular weight excluding hydrogens is 439 g/mol.